The quantitative estimate of drug-likeness (QED) is 0.294. The second kappa shape index (κ2) is 13.6. The maximum atomic E-state index is 14.0. The minimum atomic E-state index is -4.70. The highest BCUT2D eigenvalue weighted by atomic mass is 32.2. The van der Waals surface area contributed by atoms with Crippen LogP contribution in [-0.2, 0) is 47.3 Å². The summed E-state index contributed by atoms with van der Waals surface area (Å²) in [5.41, 5.74) is -0.946. The summed E-state index contributed by atoms with van der Waals surface area (Å²) in [7, 11) is -0.134. The SMILES string of the molecule is CN(C)C(=O)Oc1ccc(C[C@@H](C(=O)OCOC(=O)C(C)(C)C)N(C(=O)[C@H]2NC(C)(C)CS2)S(=O)(=O)c2ccn(C)n2)cc1. The Hall–Kier alpha value is -3.63. The number of hydrogen-bond acceptors (Lipinski definition) is 12. The Morgan fingerprint density at radius 2 is 1.75 bits per heavy atom. The van der Waals surface area contributed by atoms with Crippen LogP contribution in [0.15, 0.2) is 41.6 Å². The maximum absolute atomic E-state index is 14.0. The molecule has 1 fully saturated rings. The summed E-state index contributed by atoms with van der Waals surface area (Å²) in [4.78, 5) is 53.1. The van der Waals surface area contributed by atoms with Crippen LogP contribution in [0.25, 0.3) is 0 Å². The van der Waals surface area contributed by atoms with Crippen molar-refractivity contribution in [2.45, 2.75) is 63.0 Å². The number of hydrogen-bond donors (Lipinski definition) is 1. The van der Waals surface area contributed by atoms with Crippen LogP contribution in [0.1, 0.15) is 40.2 Å². The number of ether oxygens (including phenoxy) is 3. The summed E-state index contributed by atoms with van der Waals surface area (Å²) >= 11 is 1.21. The molecule has 1 aromatic carbocycles. The zero-order chi connectivity index (χ0) is 33.0. The van der Waals surface area contributed by atoms with Crippen LogP contribution in [-0.4, -0.2) is 94.9 Å². The highest BCUT2D eigenvalue weighted by Crippen LogP contribution is 2.31. The van der Waals surface area contributed by atoms with E-state index in [-0.39, 0.29) is 12.2 Å². The molecule has 1 N–H and O–H groups in total. The van der Waals surface area contributed by atoms with Gasteiger partial charge < -0.3 is 19.1 Å². The zero-order valence-electron chi connectivity index (χ0n) is 26.0. The fourth-order valence-corrected chi connectivity index (χ4v) is 6.77. The first kappa shape index (κ1) is 34.9. The van der Waals surface area contributed by atoms with E-state index in [9.17, 15) is 27.6 Å². The van der Waals surface area contributed by atoms with E-state index in [2.05, 4.69) is 10.4 Å². The fraction of sp³-hybridized carbons (Fsp3) is 0.536. The first-order chi connectivity index (χ1) is 20.3. The molecule has 14 nitrogen and oxygen atoms in total. The van der Waals surface area contributed by atoms with Crippen LogP contribution in [0.4, 0.5) is 4.79 Å². The predicted octanol–water partition coefficient (Wildman–Crippen LogP) is 2.14. The van der Waals surface area contributed by atoms with Gasteiger partial charge in [-0.3, -0.25) is 19.6 Å². The monoisotopic (exact) mass is 653 g/mol. The first-order valence-corrected chi connectivity index (χ1v) is 16.1. The van der Waals surface area contributed by atoms with Crippen molar-refractivity contribution in [1.82, 2.24) is 24.3 Å². The van der Waals surface area contributed by atoms with E-state index in [1.165, 1.54) is 79.0 Å². The third kappa shape index (κ3) is 8.72. The zero-order valence-corrected chi connectivity index (χ0v) is 27.7. The van der Waals surface area contributed by atoms with Gasteiger partial charge in [0, 0.05) is 45.1 Å². The van der Waals surface area contributed by atoms with Crippen molar-refractivity contribution >= 4 is 45.7 Å². The van der Waals surface area contributed by atoms with Gasteiger partial charge in [-0.2, -0.15) is 13.5 Å². The molecule has 2 heterocycles. The van der Waals surface area contributed by atoms with E-state index in [0.29, 0.717) is 15.6 Å². The third-order valence-corrected chi connectivity index (χ3v) is 9.51. The Kier molecular flexibility index (Phi) is 10.7. The molecular formula is C28H39N5O9S2. The normalized spacial score (nSPS) is 17.0. The Morgan fingerprint density at radius 3 is 2.25 bits per heavy atom. The van der Waals surface area contributed by atoms with Gasteiger partial charge in [0.25, 0.3) is 15.9 Å². The number of nitrogens with one attached hydrogen (secondary N) is 1. The first-order valence-electron chi connectivity index (χ1n) is 13.6. The van der Waals surface area contributed by atoms with Gasteiger partial charge in [0.15, 0.2) is 5.03 Å². The minimum absolute atomic E-state index is 0.212. The average Bonchev–Trinajstić information content (AvgIpc) is 3.53. The predicted molar refractivity (Wildman–Crippen MR) is 161 cm³/mol. The van der Waals surface area contributed by atoms with Gasteiger partial charge >= 0.3 is 18.0 Å². The van der Waals surface area contributed by atoms with Crippen molar-refractivity contribution in [2.24, 2.45) is 12.5 Å². The molecule has 242 valence electrons. The number of esters is 2. The van der Waals surface area contributed by atoms with Crippen molar-refractivity contribution in [3.8, 4) is 5.75 Å². The molecule has 2 atom stereocenters. The number of carbonyl (C=O) groups excluding carboxylic acids is 4. The standard InChI is InChI=1S/C28H39N5O9S2/c1-27(2,3)25(36)41-17-40-24(35)20(15-18-9-11-19(12-10-18)42-26(37)31(6)7)33(23(34)22-29-28(4,5)16-43-22)44(38,39)21-13-14-32(8)30-21/h9-14,20,22,29H,15-17H2,1-8H3/t20-,22-/m0/s1. The maximum Gasteiger partial charge on any atom is 0.414 e. The molecule has 1 aromatic heterocycles. The highest BCUT2D eigenvalue weighted by Gasteiger charge is 2.47. The number of sulfonamides is 1. The van der Waals surface area contributed by atoms with Crippen LogP contribution in [0.5, 0.6) is 5.75 Å². The number of aryl methyl sites for hydroxylation is 1. The van der Waals surface area contributed by atoms with Gasteiger partial charge in [0.1, 0.15) is 17.2 Å². The second-order valence-corrected chi connectivity index (χ2v) is 14.9. The molecule has 0 radical (unpaired) electrons. The van der Waals surface area contributed by atoms with E-state index in [0.717, 1.165) is 0 Å². The molecule has 2 aromatic rings. The van der Waals surface area contributed by atoms with Crippen molar-refractivity contribution < 1.29 is 41.8 Å². The summed E-state index contributed by atoms with van der Waals surface area (Å²) in [5, 5.41) is 5.66. The fourth-order valence-electron chi connectivity index (χ4n) is 3.87. The number of rotatable bonds is 10. The van der Waals surface area contributed by atoms with Gasteiger partial charge in [-0.15, -0.1) is 11.8 Å². The Bertz CT molecular complexity index is 1480. The van der Waals surface area contributed by atoms with Crippen LogP contribution in [0.3, 0.4) is 0 Å². The van der Waals surface area contributed by atoms with Crippen molar-refractivity contribution in [3.05, 3.63) is 42.1 Å². The molecule has 3 rings (SSSR count). The smallest absolute Gasteiger partial charge is 0.414 e. The van der Waals surface area contributed by atoms with Crippen LogP contribution in [0, 0.1) is 5.41 Å². The van der Waals surface area contributed by atoms with Gasteiger partial charge in [-0.05, 0) is 58.4 Å². The molecule has 0 unspecified atom stereocenters. The number of benzene rings is 1. The topological polar surface area (TPSA) is 166 Å². The Labute approximate surface area is 261 Å². The molecule has 0 saturated carbocycles. The largest absolute Gasteiger partial charge is 0.427 e. The average molecular weight is 654 g/mol. The van der Waals surface area contributed by atoms with E-state index in [1.807, 2.05) is 13.8 Å². The Morgan fingerprint density at radius 1 is 1.11 bits per heavy atom. The highest BCUT2D eigenvalue weighted by molar-refractivity contribution is 8.01. The van der Waals surface area contributed by atoms with Gasteiger partial charge in [-0.25, -0.2) is 13.9 Å². The third-order valence-electron chi connectivity index (χ3n) is 6.27. The lowest BCUT2D eigenvalue weighted by Crippen LogP contribution is -2.56. The number of aromatic nitrogens is 2. The van der Waals surface area contributed by atoms with E-state index >= 15 is 0 Å². The molecule has 16 heteroatoms. The molecule has 0 bridgehead atoms. The van der Waals surface area contributed by atoms with E-state index < -0.39 is 68.2 Å². The number of carbonyl (C=O) groups is 4. The summed E-state index contributed by atoms with van der Waals surface area (Å²) in [6, 6.07) is 5.50. The molecular weight excluding hydrogens is 614 g/mol. The van der Waals surface area contributed by atoms with E-state index in [1.54, 1.807) is 20.8 Å². The molecule has 1 aliphatic rings. The van der Waals surface area contributed by atoms with Gasteiger partial charge in [-0.1, -0.05) is 12.1 Å². The molecule has 2 amide bonds. The van der Waals surface area contributed by atoms with E-state index in [4.69, 9.17) is 14.2 Å². The molecule has 1 aliphatic heterocycles. The summed E-state index contributed by atoms with van der Waals surface area (Å²) in [5.74, 6) is -1.94. The number of amides is 2. The van der Waals surface area contributed by atoms with Crippen LogP contribution < -0.4 is 10.1 Å². The Balaban J connectivity index is 2.03. The van der Waals surface area contributed by atoms with Gasteiger partial charge in [0.2, 0.25) is 6.79 Å². The summed E-state index contributed by atoms with van der Waals surface area (Å²) < 4.78 is 45.4. The van der Waals surface area contributed by atoms with Crippen LogP contribution in [0.2, 0.25) is 0 Å². The minimum Gasteiger partial charge on any atom is -0.427 e. The lowest BCUT2D eigenvalue weighted by atomic mass is 9.98. The molecule has 0 spiro atoms. The van der Waals surface area contributed by atoms with Crippen molar-refractivity contribution in [1.29, 1.82) is 0 Å². The molecule has 44 heavy (non-hydrogen) atoms. The molecule has 1 saturated heterocycles. The van der Waals surface area contributed by atoms with Crippen molar-refractivity contribution in [2.75, 3.05) is 26.6 Å². The van der Waals surface area contributed by atoms with Gasteiger partial charge in [0.05, 0.1) is 5.41 Å². The van der Waals surface area contributed by atoms with Crippen molar-refractivity contribution in [3.63, 3.8) is 0 Å². The number of thioether (sulfide) groups is 1. The van der Waals surface area contributed by atoms with Crippen LogP contribution >= 0.6 is 11.8 Å². The lowest BCUT2D eigenvalue weighted by molar-refractivity contribution is -0.176. The number of nitrogens with zero attached hydrogens (tertiary/aromatic N) is 4. The second-order valence-electron chi connectivity index (χ2n) is 12.1. The molecule has 0 aliphatic carbocycles. The summed E-state index contributed by atoms with van der Waals surface area (Å²) in [6.07, 6.45) is 0.479. The lowest BCUT2D eigenvalue weighted by Gasteiger charge is -2.31. The summed E-state index contributed by atoms with van der Waals surface area (Å²) in [6.45, 7) is 7.79.